The summed E-state index contributed by atoms with van der Waals surface area (Å²) in [7, 11) is -3.83. The van der Waals surface area contributed by atoms with Gasteiger partial charge in [0.1, 0.15) is 0 Å². The molecule has 0 aliphatic carbocycles. The van der Waals surface area contributed by atoms with Crippen molar-refractivity contribution < 1.29 is 18.0 Å². The van der Waals surface area contributed by atoms with Crippen molar-refractivity contribution in [3.05, 3.63) is 95.1 Å². The molecule has 1 heterocycles. The van der Waals surface area contributed by atoms with Crippen LogP contribution in [0.5, 0.6) is 0 Å². The Balaban J connectivity index is 1.69. The first-order chi connectivity index (χ1) is 15.6. The van der Waals surface area contributed by atoms with Crippen LogP contribution >= 0.6 is 0 Å². The van der Waals surface area contributed by atoms with Crippen LogP contribution in [0.25, 0.3) is 0 Å². The van der Waals surface area contributed by atoms with Crippen LogP contribution in [0.15, 0.2) is 77.7 Å². The van der Waals surface area contributed by atoms with Gasteiger partial charge in [-0.2, -0.15) is 5.26 Å². The van der Waals surface area contributed by atoms with Crippen molar-refractivity contribution in [1.82, 2.24) is 4.90 Å². The zero-order valence-corrected chi connectivity index (χ0v) is 18.9. The summed E-state index contributed by atoms with van der Waals surface area (Å²) in [4.78, 5) is 27.8. The maximum Gasteiger partial charge on any atom is 0.261 e. The minimum absolute atomic E-state index is 0.0478. The zero-order chi connectivity index (χ0) is 23.8. The molecule has 0 radical (unpaired) electrons. The van der Waals surface area contributed by atoms with Crippen LogP contribution in [0.4, 0.5) is 5.69 Å². The third-order valence-electron chi connectivity index (χ3n) is 5.68. The van der Waals surface area contributed by atoms with Gasteiger partial charge in [-0.05, 0) is 61.4 Å². The van der Waals surface area contributed by atoms with Gasteiger partial charge in [0.05, 0.1) is 28.5 Å². The third kappa shape index (κ3) is 4.11. The van der Waals surface area contributed by atoms with E-state index < -0.39 is 21.3 Å². The molecular formula is C25H21N3O4S. The van der Waals surface area contributed by atoms with E-state index in [9.17, 15) is 18.0 Å². The van der Waals surface area contributed by atoms with E-state index in [2.05, 4.69) is 4.72 Å². The molecule has 0 spiro atoms. The number of imide groups is 1. The molecule has 0 fully saturated rings. The van der Waals surface area contributed by atoms with E-state index in [1.54, 1.807) is 68.4 Å². The summed E-state index contributed by atoms with van der Waals surface area (Å²) in [5, 5.41) is 8.97. The Kier molecular flexibility index (Phi) is 5.52. The van der Waals surface area contributed by atoms with Crippen LogP contribution in [0, 0.1) is 11.3 Å². The molecule has 33 heavy (non-hydrogen) atoms. The molecule has 1 aliphatic heterocycles. The predicted molar refractivity (Wildman–Crippen MR) is 123 cm³/mol. The van der Waals surface area contributed by atoms with Crippen molar-refractivity contribution in [3.63, 3.8) is 0 Å². The van der Waals surface area contributed by atoms with E-state index in [1.807, 2.05) is 6.07 Å². The van der Waals surface area contributed by atoms with Gasteiger partial charge in [-0.25, -0.2) is 8.42 Å². The summed E-state index contributed by atoms with van der Waals surface area (Å²) in [5.74, 6) is -0.846. The molecule has 0 unspecified atom stereocenters. The van der Waals surface area contributed by atoms with Crippen molar-refractivity contribution in [2.24, 2.45) is 0 Å². The number of nitrogens with zero attached hydrogens (tertiary/aromatic N) is 2. The molecule has 0 aromatic heterocycles. The molecule has 0 saturated heterocycles. The summed E-state index contributed by atoms with van der Waals surface area (Å²) in [6.45, 7) is 3.52. The minimum atomic E-state index is -3.83. The number of fused-ring (bicyclic) bond motifs is 1. The van der Waals surface area contributed by atoms with E-state index in [0.29, 0.717) is 16.7 Å². The number of nitriles is 1. The van der Waals surface area contributed by atoms with Gasteiger partial charge < -0.3 is 0 Å². The molecule has 2 amide bonds. The number of anilines is 1. The van der Waals surface area contributed by atoms with Crippen LogP contribution < -0.4 is 4.72 Å². The number of sulfonamides is 1. The van der Waals surface area contributed by atoms with Crippen LogP contribution in [-0.4, -0.2) is 25.1 Å². The first-order valence-corrected chi connectivity index (χ1v) is 11.7. The largest absolute Gasteiger partial charge is 0.280 e. The predicted octanol–water partition coefficient (Wildman–Crippen LogP) is 3.82. The first-order valence-electron chi connectivity index (χ1n) is 10.2. The first kappa shape index (κ1) is 22.2. The molecule has 1 N–H and O–H groups in total. The lowest BCUT2D eigenvalue weighted by Crippen LogP contribution is -2.51. The second-order valence-corrected chi connectivity index (χ2v) is 9.99. The van der Waals surface area contributed by atoms with E-state index in [1.165, 1.54) is 23.1 Å². The van der Waals surface area contributed by atoms with Gasteiger partial charge in [0.2, 0.25) is 5.91 Å². The lowest BCUT2D eigenvalue weighted by molar-refractivity contribution is -0.134. The molecule has 0 saturated carbocycles. The van der Waals surface area contributed by atoms with E-state index >= 15 is 0 Å². The Labute approximate surface area is 192 Å². The monoisotopic (exact) mass is 459 g/mol. The lowest BCUT2D eigenvalue weighted by atomic mass is 9.77. The van der Waals surface area contributed by atoms with Gasteiger partial charge >= 0.3 is 0 Å². The SMILES string of the molecule is CC1(C)C(=O)N(Cc2ccc(C#N)cc2)C(=O)c2cc(NS(=O)(=O)c3ccccc3)ccc21. The van der Waals surface area contributed by atoms with Crippen LogP contribution in [-0.2, 0) is 26.8 Å². The molecule has 3 aromatic carbocycles. The van der Waals surface area contributed by atoms with Crippen molar-refractivity contribution in [3.8, 4) is 6.07 Å². The molecule has 0 bridgehead atoms. The van der Waals surface area contributed by atoms with Crippen molar-refractivity contribution in [2.75, 3.05) is 4.72 Å². The number of rotatable bonds is 5. The van der Waals surface area contributed by atoms with Gasteiger partial charge in [-0.15, -0.1) is 0 Å². The number of amides is 2. The maximum absolute atomic E-state index is 13.3. The Morgan fingerprint density at radius 1 is 0.970 bits per heavy atom. The topological polar surface area (TPSA) is 107 Å². The smallest absolute Gasteiger partial charge is 0.261 e. The normalized spacial score (nSPS) is 15.0. The van der Waals surface area contributed by atoms with E-state index in [-0.39, 0.29) is 28.6 Å². The number of carbonyl (C=O) groups is 2. The van der Waals surface area contributed by atoms with Crippen LogP contribution in [0.3, 0.4) is 0 Å². The Morgan fingerprint density at radius 2 is 1.64 bits per heavy atom. The highest BCUT2D eigenvalue weighted by atomic mass is 32.2. The molecule has 166 valence electrons. The van der Waals surface area contributed by atoms with E-state index in [0.717, 1.165) is 0 Å². The average molecular weight is 460 g/mol. The Morgan fingerprint density at radius 3 is 2.27 bits per heavy atom. The third-order valence-corrected chi connectivity index (χ3v) is 7.07. The zero-order valence-electron chi connectivity index (χ0n) is 18.1. The Hall–Kier alpha value is -3.96. The highest BCUT2D eigenvalue weighted by Gasteiger charge is 2.44. The van der Waals surface area contributed by atoms with Gasteiger partial charge in [0, 0.05) is 11.3 Å². The van der Waals surface area contributed by atoms with Crippen molar-refractivity contribution >= 4 is 27.5 Å². The summed E-state index contributed by atoms with van der Waals surface area (Å²) in [6.07, 6.45) is 0. The number of carbonyl (C=O) groups excluding carboxylic acids is 2. The summed E-state index contributed by atoms with van der Waals surface area (Å²) < 4.78 is 27.9. The fourth-order valence-corrected chi connectivity index (χ4v) is 4.92. The number of benzene rings is 3. The average Bonchev–Trinajstić information content (AvgIpc) is 2.81. The molecular weight excluding hydrogens is 438 g/mol. The van der Waals surface area contributed by atoms with E-state index in [4.69, 9.17) is 5.26 Å². The fourth-order valence-electron chi connectivity index (χ4n) is 3.84. The van der Waals surface area contributed by atoms with Crippen LogP contribution in [0.1, 0.15) is 40.9 Å². The second-order valence-electron chi connectivity index (χ2n) is 8.31. The van der Waals surface area contributed by atoms with Gasteiger partial charge in [0.25, 0.3) is 15.9 Å². The van der Waals surface area contributed by atoms with Crippen LogP contribution in [0.2, 0.25) is 0 Å². The molecule has 8 heteroatoms. The van der Waals surface area contributed by atoms with Gasteiger partial charge in [-0.3, -0.25) is 19.2 Å². The van der Waals surface area contributed by atoms with Gasteiger partial charge in [0.15, 0.2) is 0 Å². The molecule has 3 aromatic rings. The maximum atomic E-state index is 13.3. The van der Waals surface area contributed by atoms with Gasteiger partial charge in [-0.1, -0.05) is 36.4 Å². The summed E-state index contributed by atoms with van der Waals surface area (Å²) in [5.41, 5.74) is 1.24. The standard InChI is InChI=1S/C25H21N3O4S/c1-25(2)22-13-12-19(27-33(31,32)20-6-4-3-5-7-20)14-21(22)23(29)28(24(25)30)16-18-10-8-17(15-26)9-11-18/h3-14,27H,16H2,1-2H3. The minimum Gasteiger partial charge on any atom is -0.280 e. The second kappa shape index (κ2) is 8.19. The summed E-state index contributed by atoms with van der Waals surface area (Å²) in [6, 6.07) is 21.3. The lowest BCUT2D eigenvalue weighted by Gasteiger charge is -2.37. The van der Waals surface area contributed by atoms with Crippen molar-refractivity contribution in [1.29, 1.82) is 5.26 Å². The molecule has 0 atom stereocenters. The van der Waals surface area contributed by atoms with Crippen molar-refractivity contribution in [2.45, 2.75) is 30.7 Å². The Bertz CT molecular complexity index is 1390. The summed E-state index contributed by atoms with van der Waals surface area (Å²) >= 11 is 0. The molecule has 4 rings (SSSR count). The molecule has 1 aliphatic rings. The quantitative estimate of drug-likeness (QED) is 0.584. The highest BCUT2D eigenvalue weighted by molar-refractivity contribution is 7.92. The number of hydrogen-bond acceptors (Lipinski definition) is 5. The highest BCUT2D eigenvalue weighted by Crippen LogP contribution is 2.36. The number of nitrogens with one attached hydrogen (secondary N) is 1. The fraction of sp³-hybridized carbons (Fsp3) is 0.160. The number of hydrogen-bond donors (Lipinski definition) is 1. The molecule has 7 nitrogen and oxygen atoms in total.